The van der Waals surface area contributed by atoms with Crippen molar-refractivity contribution in [2.45, 2.75) is 44.9 Å². The molecule has 2 aromatic rings. The Morgan fingerprint density at radius 1 is 1.10 bits per heavy atom. The molecular formula is C21H28N4O4. The summed E-state index contributed by atoms with van der Waals surface area (Å²) in [5.74, 6) is 1.78. The van der Waals surface area contributed by atoms with Crippen molar-refractivity contribution in [3.63, 3.8) is 0 Å². The van der Waals surface area contributed by atoms with Gasteiger partial charge in [0.15, 0.2) is 0 Å². The van der Waals surface area contributed by atoms with Gasteiger partial charge < -0.3 is 19.9 Å². The Morgan fingerprint density at radius 3 is 2.55 bits per heavy atom. The Morgan fingerprint density at radius 2 is 1.83 bits per heavy atom. The van der Waals surface area contributed by atoms with E-state index >= 15 is 0 Å². The summed E-state index contributed by atoms with van der Waals surface area (Å²) in [6, 6.07) is 7.35. The molecule has 0 spiro atoms. The van der Waals surface area contributed by atoms with E-state index in [-0.39, 0.29) is 24.2 Å². The first-order chi connectivity index (χ1) is 14.2. The van der Waals surface area contributed by atoms with Crippen molar-refractivity contribution in [1.82, 2.24) is 20.8 Å². The van der Waals surface area contributed by atoms with Gasteiger partial charge in [0.25, 0.3) is 0 Å². The van der Waals surface area contributed by atoms with Gasteiger partial charge >= 0.3 is 0 Å². The Balaban J connectivity index is 1.34. The van der Waals surface area contributed by atoms with Crippen LogP contribution in [0.25, 0.3) is 11.4 Å². The van der Waals surface area contributed by atoms with Crippen molar-refractivity contribution in [3.8, 4) is 17.1 Å². The van der Waals surface area contributed by atoms with Gasteiger partial charge in [0.2, 0.25) is 23.5 Å². The SMILES string of the molecule is COc1ccc(-c2noc(CCC(=O)NCCNC(=O)C3CCCCC3)n2)cc1. The average Bonchev–Trinajstić information content (AvgIpc) is 3.25. The maximum atomic E-state index is 12.1. The van der Waals surface area contributed by atoms with Crippen molar-refractivity contribution >= 4 is 11.8 Å². The van der Waals surface area contributed by atoms with Crippen molar-refractivity contribution in [3.05, 3.63) is 30.2 Å². The van der Waals surface area contributed by atoms with E-state index in [1.54, 1.807) is 7.11 Å². The minimum absolute atomic E-state index is 0.107. The molecule has 0 aliphatic heterocycles. The van der Waals surface area contributed by atoms with E-state index in [0.29, 0.717) is 31.2 Å². The van der Waals surface area contributed by atoms with E-state index in [0.717, 1.165) is 37.0 Å². The third-order valence-electron chi connectivity index (χ3n) is 5.10. The first kappa shape index (κ1) is 20.8. The van der Waals surface area contributed by atoms with Crippen LogP contribution in [0.2, 0.25) is 0 Å². The van der Waals surface area contributed by atoms with Gasteiger partial charge in [0.05, 0.1) is 7.11 Å². The fraction of sp³-hybridized carbons (Fsp3) is 0.524. The Labute approximate surface area is 170 Å². The molecule has 1 fully saturated rings. The van der Waals surface area contributed by atoms with Gasteiger partial charge in [0.1, 0.15) is 5.75 Å². The number of carbonyl (C=O) groups excluding carboxylic acids is 2. The summed E-state index contributed by atoms with van der Waals surface area (Å²) in [4.78, 5) is 28.4. The normalized spacial score (nSPS) is 14.4. The summed E-state index contributed by atoms with van der Waals surface area (Å²) < 4.78 is 10.3. The summed E-state index contributed by atoms with van der Waals surface area (Å²) in [5, 5.41) is 9.67. The highest BCUT2D eigenvalue weighted by Crippen LogP contribution is 2.23. The number of hydrogen-bond donors (Lipinski definition) is 2. The number of carbonyl (C=O) groups is 2. The standard InChI is InChI=1S/C21H28N4O4/c1-28-17-9-7-15(8-10-17)20-24-19(29-25-20)12-11-18(26)22-13-14-23-21(27)16-5-3-2-4-6-16/h7-10,16H,2-6,11-14H2,1H3,(H,22,26)(H,23,27). The molecule has 29 heavy (non-hydrogen) atoms. The summed E-state index contributed by atoms with van der Waals surface area (Å²) in [5.41, 5.74) is 0.818. The third-order valence-corrected chi connectivity index (χ3v) is 5.10. The molecule has 0 atom stereocenters. The number of ether oxygens (including phenoxy) is 1. The monoisotopic (exact) mass is 400 g/mol. The van der Waals surface area contributed by atoms with Crippen LogP contribution in [0, 0.1) is 5.92 Å². The molecule has 0 saturated heterocycles. The Kier molecular flexibility index (Phi) is 7.61. The molecule has 156 valence electrons. The van der Waals surface area contributed by atoms with E-state index in [1.165, 1.54) is 6.42 Å². The minimum atomic E-state index is -0.110. The van der Waals surface area contributed by atoms with Crippen LogP contribution in [0.4, 0.5) is 0 Å². The second-order valence-electron chi connectivity index (χ2n) is 7.22. The van der Waals surface area contributed by atoms with Crippen LogP contribution in [0.15, 0.2) is 28.8 Å². The molecule has 1 aromatic carbocycles. The molecule has 8 nitrogen and oxygen atoms in total. The summed E-state index contributed by atoms with van der Waals surface area (Å²) in [7, 11) is 1.61. The van der Waals surface area contributed by atoms with Crippen LogP contribution in [-0.4, -0.2) is 42.2 Å². The second-order valence-corrected chi connectivity index (χ2v) is 7.22. The number of aromatic nitrogens is 2. The van der Waals surface area contributed by atoms with Gasteiger partial charge in [-0.3, -0.25) is 9.59 Å². The maximum Gasteiger partial charge on any atom is 0.227 e. The molecule has 0 bridgehead atoms. The molecule has 1 saturated carbocycles. The lowest BCUT2D eigenvalue weighted by molar-refractivity contribution is -0.126. The molecule has 2 amide bonds. The van der Waals surface area contributed by atoms with Crippen molar-refractivity contribution < 1.29 is 18.8 Å². The van der Waals surface area contributed by atoms with Crippen molar-refractivity contribution in [2.75, 3.05) is 20.2 Å². The fourth-order valence-electron chi connectivity index (χ4n) is 3.42. The molecule has 3 rings (SSSR count). The zero-order chi connectivity index (χ0) is 20.5. The third kappa shape index (κ3) is 6.30. The molecule has 1 aromatic heterocycles. The van der Waals surface area contributed by atoms with Gasteiger partial charge in [-0.05, 0) is 37.1 Å². The van der Waals surface area contributed by atoms with Gasteiger partial charge in [-0.2, -0.15) is 4.98 Å². The molecule has 1 heterocycles. The number of amides is 2. The van der Waals surface area contributed by atoms with Gasteiger partial charge in [-0.1, -0.05) is 24.4 Å². The zero-order valence-electron chi connectivity index (χ0n) is 16.8. The molecule has 0 unspecified atom stereocenters. The first-order valence-corrected chi connectivity index (χ1v) is 10.2. The highest BCUT2D eigenvalue weighted by molar-refractivity contribution is 5.79. The first-order valence-electron chi connectivity index (χ1n) is 10.2. The number of aryl methyl sites for hydroxylation is 1. The smallest absolute Gasteiger partial charge is 0.227 e. The molecule has 0 radical (unpaired) electrons. The predicted molar refractivity (Wildman–Crippen MR) is 107 cm³/mol. The molecule has 1 aliphatic rings. The topological polar surface area (TPSA) is 106 Å². The van der Waals surface area contributed by atoms with Gasteiger partial charge in [0, 0.05) is 37.4 Å². The highest BCUT2D eigenvalue weighted by Gasteiger charge is 2.20. The van der Waals surface area contributed by atoms with E-state index < -0.39 is 0 Å². The van der Waals surface area contributed by atoms with Crippen LogP contribution in [-0.2, 0) is 16.0 Å². The summed E-state index contributed by atoms with van der Waals surface area (Å²) in [6.45, 7) is 0.863. The number of benzene rings is 1. The van der Waals surface area contributed by atoms with Gasteiger partial charge in [-0.15, -0.1) is 0 Å². The molecule has 8 heteroatoms. The van der Waals surface area contributed by atoms with Crippen LogP contribution >= 0.6 is 0 Å². The predicted octanol–water partition coefficient (Wildman–Crippen LogP) is 2.49. The summed E-state index contributed by atoms with van der Waals surface area (Å²) >= 11 is 0. The number of hydrogen-bond acceptors (Lipinski definition) is 6. The molecule has 2 N–H and O–H groups in total. The van der Waals surface area contributed by atoms with Gasteiger partial charge in [-0.25, -0.2) is 0 Å². The van der Waals surface area contributed by atoms with Crippen LogP contribution in [0.5, 0.6) is 5.75 Å². The molecule has 1 aliphatic carbocycles. The number of nitrogens with one attached hydrogen (secondary N) is 2. The lowest BCUT2D eigenvalue weighted by Crippen LogP contribution is -2.38. The second kappa shape index (κ2) is 10.6. The highest BCUT2D eigenvalue weighted by atomic mass is 16.5. The number of nitrogens with zero attached hydrogens (tertiary/aromatic N) is 2. The van der Waals surface area contributed by atoms with E-state index in [9.17, 15) is 9.59 Å². The van der Waals surface area contributed by atoms with Crippen molar-refractivity contribution in [2.24, 2.45) is 5.92 Å². The van der Waals surface area contributed by atoms with Crippen LogP contribution < -0.4 is 15.4 Å². The number of methoxy groups -OCH3 is 1. The molecular weight excluding hydrogens is 372 g/mol. The van der Waals surface area contributed by atoms with Crippen molar-refractivity contribution in [1.29, 1.82) is 0 Å². The lowest BCUT2D eigenvalue weighted by atomic mass is 9.89. The largest absolute Gasteiger partial charge is 0.497 e. The zero-order valence-corrected chi connectivity index (χ0v) is 16.8. The van der Waals surface area contributed by atoms with E-state index in [2.05, 4.69) is 20.8 Å². The van der Waals surface area contributed by atoms with E-state index in [1.807, 2.05) is 24.3 Å². The maximum absolute atomic E-state index is 12.1. The quantitative estimate of drug-likeness (QED) is 0.627. The average molecular weight is 400 g/mol. The van der Waals surface area contributed by atoms with Crippen LogP contribution in [0.3, 0.4) is 0 Å². The Hall–Kier alpha value is -2.90. The fourth-order valence-corrected chi connectivity index (χ4v) is 3.42. The summed E-state index contributed by atoms with van der Waals surface area (Å²) in [6.07, 6.45) is 6.04. The number of rotatable bonds is 9. The van der Waals surface area contributed by atoms with E-state index in [4.69, 9.17) is 9.26 Å². The lowest BCUT2D eigenvalue weighted by Gasteiger charge is -2.20. The Bertz CT molecular complexity index is 797. The minimum Gasteiger partial charge on any atom is -0.497 e. The van der Waals surface area contributed by atoms with Crippen LogP contribution in [0.1, 0.15) is 44.4 Å².